The molecular formula is C16H26O3. The van der Waals surface area contributed by atoms with Crippen LogP contribution in [0.15, 0.2) is 12.2 Å². The number of aliphatic hydroxyl groups is 1. The number of rotatable bonds is 3. The third-order valence-corrected chi connectivity index (χ3v) is 4.71. The van der Waals surface area contributed by atoms with Gasteiger partial charge in [0.25, 0.3) is 0 Å². The number of esters is 1. The molecule has 0 heterocycles. The van der Waals surface area contributed by atoms with Crippen molar-refractivity contribution < 1.29 is 14.6 Å². The third kappa shape index (κ3) is 3.02. The van der Waals surface area contributed by atoms with Gasteiger partial charge in [-0.3, -0.25) is 4.79 Å². The van der Waals surface area contributed by atoms with Crippen molar-refractivity contribution in [2.75, 3.05) is 0 Å². The van der Waals surface area contributed by atoms with Gasteiger partial charge in [-0.25, -0.2) is 0 Å². The first-order valence-electron chi connectivity index (χ1n) is 7.27. The summed E-state index contributed by atoms with van der Waals surface area (Å²) in [6.45, 7) is 11.9. The van der Waals surface area contributed by atoms with E-state index in [0.717, 1.165) is 12.8 Å². The Morgan fingerprint density at radius 1 is 1.47 bits per heavy atom. The molecule has 0 aliphatic heterocycles. The predicted octanol–water partition coefficient (Wildman–Crippen LogP) is 2.93. The zero-order valence-corrected chi connectivity index (χ0v) is 12.5. The Hall–Kier alpha value is -0.830. The average Bonchev–Trinajstić information content (AvgIpc) is 2.77. The van der Waals surface area contributed by atoms with Crippen LogP contribution in [0.3, 0.4) is 0 Å². The molecule has 2 bridgehead atoms. The van der Waals surface area contributed by atoms with E-state index < -0.39 is 11.7 Å². The fraction of sp³-hybridized carbons (Fsp3) is 0.812. The second kappa shape index (κ2) is 4.93. The topological polar surface area (TPSA) is 46.5 Å². The molecule has 2 fully saturated rings. The second-order valence-electron chi connectivity index (χ2n) is 7.22. The van der Waals surface area contributed by atoms with Crippen molar-refractivity contribution in [3.8, 4) is 0 Å². The molecule has 2 saturated carbocycles. The summed E-state index contributed by atoms with van der Waals surface area (Å²) in [5.41, 5.74) is 0.786. The molecule has 5 atom stereocenters. The molecule has 0 aromatic rings. The zero-order valence-electron chi connectivity index (χ0n) is 12.5. The SMILES string of the molecule is C=C1C(C)C2CC1C(C(O)CC(=O)OC(C)(C)C)C2. The number of hydrogen-bond acceptors (Lipinski definition) is 3. The van der Waals surface area contributed by atoms with Gasteiger partial charge in [0, 0.05) is 0 Å². The van der Waals surface area contributed by atoms with Crippen molar-refractivity contribution in [1.82, 2.24) is 0 Å². The first-order chi connectivity index (χ1) is 8.69. The minimum Gasteiger partial charge on any atom is -0.460 e. The summed E-state index contributed by atoms with van der Waals surface area (Å²) in [6.07, 6.45) is 1.67. The maximum Gasteiger partial charge on any atom is 0.308 e. The normalized spacial score (nSPS) is 35.5. The Morgan fingerprint density at radius 3 is 2.58 bits per heavy atom. The summed E-state index contributed by atoms with van der Waals surface area (Å²) in [5.74, 6) is 1.52. The Morgan fingerprint density at radius 2 is 2.11 bits per heavy atom. The highest BCUT2D eigenvalue weighted by atomic mass is 16.6. The Labute approximate surface area is 116 Å². The number of aliphatic hydroxyl groups excluding tert-OH is 1. The molecule has 0 amide bonds. The highest BCUT2D eigenvalue weighted by Crippen LogP contribution is 2.55. The fourth-order valence-electron chi connectivity index (χ4n) is 3.72. The molecule has 3 heteroatoms. The highest BCUT2D eigenvalue weighted by molar-refractivity contribution is 5.70. The molecule has 19 heavy (non-hydrogen) atoms. The van der Waals surface area contributed by atoms with Gasteiger partial charge in [0.2, 0.25) is 0 Å². The third-order valence-electron chi connectivity index (χ3n) is 4.71. The van der Waals surface area contributed by atoms with E-state index in [9.17, 15) is 9.90 Å². The lowest BCUT2D eigenvalue weighted by Crippen LogP contribution is -2.33. The number of carbonyl (C=O) groups excluding carboxylic acids is 1. The van der Waals surface area contributed by atoms with Gasteiger partial charge in [-0.1, -0.05) is 19.1 Å². The smallest absolute Gasteiger partial charge is 0.308 e. The molecule has 0 spiro atoms. The van der Waals surface area contributed by atoms with E-state index in [4.69, 9.17) is 4.74 Å². The second-order valence-corrected chi connectivity index (χ2v) is 7.22. The van der Waals surface area contributed by atoms with Gasteiger partial charge >= 0.3 is 5.97 Å². The predicted molar refractivity (Wildman–Crippen MR) is 74.5 cm³/mol. The van der Waals surface area contributed by atoms with E-state index in [-0.39, 0.29) is 18.3 Å². The molecular weight excluding hydrogens is 240 g/mol. The van der Waals surface area contributed by atoms with Crippen LogP contribution in [0.25, 0.3) is 0 Å². The molecule has 1 N–H and O–H groups in total. The first kappa shape index (κ1) is 14.6. The van der Waals surface area contributed by atoms with E-state index in [1.54, 1.807) is 0 Å². The molecule has 0 aromatic carbocycles. The summed E-state index contributed by atoms with van der Waals surface area (Å²) in [5, 5.41) is 10.3. The van der Waals surface area contributed by atoms with Crippen LogP contribution in [-0.4, -0.2) is 22.8 Å². The van der Waals surface area contributed by atoms with Gasteiger partial charge in [0.05, 0.1) is 12.5 Å². The monoisotopic (exact) mass is 266 g/mol. The number of carbonyl (C=O) groups is 1. The average molecular weight is 266 g/mol. The maximum absolute atomic E-state index is 11.8. The van der Waals surface area contributed by atoms with Gasteiger partial charge in [0.1, 0.15) is 5.60 Å². The minimum absolute atomic E-state index is 0.104. The summed E-state index contributed by atoms with van der Waals surface area (Å²) < 4.78 is 5.27. The molecule has 0 saturated heterocycles. The van der Waals surface area contributed by atoms with Crippen molar-refractivity contribution in [1.29, 1.82) is 0 Å². The highest BCUT2D eigenvalue weighted by Gasteiger charge is 2.49. The number of fused-ring (bicyclic) bond motifs is 2. The summed E-state index contributed by atoms with van der Waals surface area (Å²) in [6, 6.07) is 0. The first-order valence-corrected chi connectivity index (χ1v) is 7.27. The summed E-state index contributed by atoms with van der Waals surface area (Å²) >= 11 is 0. The van der Waals surface area contributed by atoms with Crippen molar-refractivity contribution in [2.45, 2.75) is 58.7 Å². The van der Waals surface area contributed by atoms with Crippen LogP contribution in [-0.2, 0) is 9.53 Å². The standard InChI is InChI=1S/C16H26O3/c1-9-10(2)12-6-11(9)7-13(12)14(17)8-15(18)19-16(3,4)5/h9,11-14,17H,2,6-8H2,1,3-5H3. The van der Waals surface area contributed by atoms with Crippen LogP contribution in [0.5, 0.6) is 0 Å². The van der Waals surface area contributed by atoms with Crippen molar-refractivity contribution in [3.63, 3.8) is 0 Å². The number of ether oxygens (including phenoxy) is 1. The summed E-state index contributed by atoms with van der Waals surface area (Å²) in [4.78, 5) is 11.8. The molecule has 2 rings (SSSR count). The molecule has 2 aliphatic carbocycles. The Bertz CT molecular complexity index is 380. The molecule has 0 aromatic heterocycles. The van der Waals surface area contributed by atoms with Crippen LogP contribution in [0.1, 0.15) is 47.0 Å². The van der Waals surface area contributed by atoms with E-state index in [1.165, 1.54) is 5.57 Å². The van der Waals surface area contributed by atoms with E-state index in [2.05, 4.69) is 13.5 Å². The van der Waals surface area contributed by atoms with E-state index >= 15 is 0 Å². The van der Waals surface area contributed by atoms with Crippen LogP contribution >= 0.6 is 0 Å². The van der Waals surface area contributed by atoms with Crippen molar-refractivity contribution in [3.05, 3.63) is 12.2 Å². The minimum atomic E-state index is -0.589. The lowest BCUT2D eigenvalue weighted by Gasteiger charge is -2.31. The van der Waals surface area contributed by atoms with Gasteiger partial charge in [-0.15, -0.1) is 0 Å². The Kier molecular flexibility index (Phi) is 3.78. The molecule has 3 nitrogen and oxygen atoms in total. The largest absolute Gasteiger partial charge is 0.460 e. The fourth-order valence-corrected chi connectivity index (χ4v) is 3.72. The van der Waals surface area contributed by atoms with Crippen molar-refractivity contribution >= 4 is 5.97 Å². The zero-order chi connectivity index (χ0) is 14.4. The van der Waals surface area contributed by atoms with Crippen LogP contribution in [0.4, 0.5) is 0 Å². The van der Waals surface area contributed by atoms with Gasteiger partial charge < -0.3 is 9.84 Å². The molecule has 0 radical (unpaired) electrons. The summed E-state index contributed by atoms with van der Waals surface area (Å²) in [7, 11) is 0. The van der Waals surface area contributed by atoms with Gasteiger partial charge in [0.15, 0.2) is 0 Å². The van der Waals surface area contributed by atoms with Crippen LogP contribution < -0.4 is 0 Å². The molecule has 5 unspecified atom stereocenters. The maximum atomic E-state index is 11.8. The lowest BCUT2D eigenvalue weighted by molar-refractivity contribution is -0.158. The van der Waals surface area contributed by atoms with E-state index in [1.807, 2.05) is 20.8 Å². The van der Waals surface area contributed by atoms with Gasteiger partial charge in [-0.05, 0) is 57.3 Å². The molecule has 2 aliphatic rings. The van der Waals surface area contributed by atoms with Crippen LogP contribution in [0, 0.1) is 23.7 Å². The number of allylic oxidation sites excluding steroid dienone is 1. The molecule has 108 valence electrons. The quantitative estimate of drug-likeness (QED) is 0.631. The van der Waals surface area contributed by atoms with E-state index in [0.29, 0.717) is 17.8 Å². The van der Waals surface area contributed by atoms with Crippen LogP contribution in [0.2, 0.25) is 0 Å². The van der Waals surface area contributed by atoms with Crippen molar-refractivity contribution in [2.24, 2.45) is 23.7 Å². The lowest BCUT2D eigenvalue weighted by atomic mass is 9.76. The number of hydrogen-bond donors (Lipinski definition) is 1. The van der Waals surface area contributed by atoms with Gasteiger partial charge in [-0.2, -0.15) is 0 Å². The Balaban J connectivity index is 1.90.